The summed E-state index contributed by atoms with van der Waals surface area (Å²) in [5, 5.41) is 13.7. The fourth-order valence-corrected chi connectivity index (χ4v) is 3.91. The highest BCUT2D eigenvalue weighted by Gasteiger charge is 2.09. The maximum Gasteiger partial charge on any atom is 0.128 e. The minimum absolute atomic E-state index is 0.211. The molecule has 2 rings (SSSR count). The van der Waals surface area contributed by atoms with E-state index in [1.54, 1.807) is 18.2 Å². The lowest BCUT2D eigenvalue weighted by atomic mass is 10.0. The molecule has 0 aliphatic heterocycles. The quantitative estimate of drug-likeness (QED) is 0.147. The van der Waals surface area contributed by atoms with Gasteiger partial charge in [0.25, 0.3) is 0 Å². The first-order chi connectivity index (χ1) is 13.9. The predicted octanol–water partition coefficient (Wildman–Crippen LogP) is 4.52. The number of aryl methyl sites for hydroxylation is 1. The zero-order chi connectivity index (χ0) is 21.1. The zero-order valence-corrected chi connectivity index (χ0v) is 17.8. The lowest BCUT2D eigenvalue weighted by molar-refractivity contribution is -0.777. The van der Waals surface area contributed by atoms with Crippen molar-refractivity contribution in [2.24, 2.45) is 0 Å². The van der Waals surface area contributed by atoms with E-state index >= 15 is 0 Å². The van der Waals surface area contributed by atoms with Gasteiger partial charge in [-0.25, -0.2) is 8.42 Å². The molecule has 0 aliphatic rings. The van der Waals surface area contributed by atoms with Crippen molar-refractivity contribution in [3.05, 3.63) is 48.0 Å². The lowest BCUT2D eigenvalue weighted by Gasteiger charge is -2.13. The van der Waals surface area contributed by atoms with Crippen LogP contribution in [0, 0.1) is 0 Å². The van der Waals surface area contributed by atoms with Gasteiger partial charge in [0.1, 0.15) is 21.6 Å². The zero-order valence-electron chi connectivity index (χ0n) is 16.2. The van der Waals surface area contributed by atoms with Crippen LogP contribution in [0.1, 0.15) is 51.0 Å². The summed E-state index contributed by atoms with van der Waals surface area (Å²) in [5.74, 6) is 0.622. The Balaban J connectivity index is 2.07. The van der Waals surface area contributed by atoms with Gasteiger partial charge in [-0.2, -0.15) is 4.33 Å². The van der Waals surface area contributed by atoms with Crippen molar-refractivity contribution >= 4 is 22.2 Å². The summed E-state index contributed by atoms with van der Waals surface area (Å²) in [4.78, 5) is 0.298. The van der Waals surface area contributed by atoms with E-state index in [1.807, 2.05) is 6.07 Å². The van der Waals surface area contributed by atoms with Crippen molar-refractivity contribution in [3.63, 3.8) is 0 Å². The largest absolute Gasteiger partial charge is 0.744 e. The molecular formula is C20H24O7S2-2. The molecule has 9 heteroatoms. The Bertz CT molecular complexity index is 869. The Kier molecular flexibility index (Phi) is 9.92. The van der Waals surface area contributed by atoms with E-state index in [9.17, 15) is 18.2 Å². The Hall–Kier alpha value is -1.62. The van der Waals surface area contributed by atoms with Crippen molar-refractivity contribution in [2.75, 3.05) is 0 Å². The van der Waals surface area contributed by atoms with Crippen molar-refractivity contribution in [2.45, 2.75) is 61.7 Å². The third-order valence-electron chi connectivity index (χ3n) is 4.32. The highest BCUT2D eigenvalue weighted by molar-refractivity contribution is 7.94. The molecule has 0 saturated carbocycles. The van der Waals surface area contributed by atoms with E-state index in [4.69, 9.17) is 4.74 Å². The third-order valence-corrected chi connectivity index (χ3v) is 5.83. The van der Waals surface area contributed by atoms with Crippen LogP contribution in [-0.4, -0.2) is 13.0 Å². The summed E-state index contributed by atoms with van der Waals surface area (Å²) in [6.45, 7) is 2.18. The van der Waals surface area contributed by atoms with Crippen LogP contribution in [0.15, 0.2) is 52.3 Å². The standard InChI is InChI=1S/C20H26O7S2/c1-2-3-4-5-6-7-9-16-12-13-18(15-20(16)28-27-26-21)25-17-10-8-11-19(14-17)29(22,23)24/h8,10-15,21H,2-7,9H2,1H3,(H,22,23,24)/p-2. The molecule has 0 radical (unpaired) electrons. The van der Waals surface area contributed by atoms with Gasteiger partial charge in [0, 0.05) is 4.90 Å². The van der Waals surface area contributed by atoms with Gasteiger partial charge in [-0.3, -0.25) is 5.04 Å². The minimum Gasteiger partial charge on any atom is -0.744 e. The SMILES string of the molecule is CCCCCCCCc1ccc(Oc2cccc(S(=O)(=O)[O-])c2)cc1SOO[O-]. The molecule has 0 fully saturated rings. The number of rotatable bonds is 13. The minimum atomic E-state index is -4.57. The van der Waals surface area contributed by atoms with E-state index in [2.05, 4.69) is 16.3 Å². The van der Waals surface area contributed by atoms with E-state index in [0.717, 1.165) is 42.9 Å². The lowest BCUT2D eigenvalue weighted by Crippen LogP contribution is -2.01. The Morgan fingerprint density at radius 2 is 1.69 bits per heavy atom. The Morgan fingerprint density at radius 1 is 0.966 bits per heavy atom. The van der Waals surface area contributed by atoms with E-state index in [0.29, 0.717) is 10.6 Å². The highest BCUT2D eigenvalue weighted by Crippen LogP contribution is 2.32. The van der Waals surface area contributed by atoms with Crippen LogP contribution in [0.3, 0.4) is 0 Å². The fourth-order valence-electron chi connectivity index (χ4n) is 2.86. The van der Waals surface area contributed by atoms with E-state index in [1.165, 1.54) is 37.8 Å². The second kappa shape index (κ2) is 12.2. The summed E-state index contributed by atoms with van der Waals surface area (Å²) < 4.78 is 43.6. The van der Waals surface area contributed by atoms with Gasteiger partial charge < -0.3 is 14.5 Å². The van der Waals surface area contributed by atoms with Gasteiger partial charge in [-0.05, 0) is 48.7 Å². The van der Waals surface area contributed by atoms with Crippen LogP contribution in [0.4, 0.5) is 0 Å². The molecule has 0 N–H and O–H groups in total. The first-order valence-corrected chi connectivity index (χ1v) is 11.6. The number of hydrogen-bond acceptors (Lipinski definition) is 8. The predicted molar refractivity (Wildman–Crippen MR) is 106 cm³/mol. The van der Waals surface area contributed by atoms with E-state index in [-0.39, 0.29) is 10.6 Å². The van der Waals surface area contributed by atoms with Gasteiger partial charge in [0.2, 0.25) is 0 Å². The molecule has 2 aromatic rings. The maximum absolute atomic E-state index is 11.2. The smallest absolute Gasteiger partial charge is 0.128 e. The van der Waals surface area contributed by atoms with Gasteiger partial charge in [-0.15, -0.1) is 0 Å². The highest BCUT2D eigenvalue weighted by atomic mass is 32.2. The first-order valence-electron chi connectivity index (χ1n) is 9.44. The molecule has 0 spiro atoms. The van der Waals surface area contributed by atoms with E-state index < -0.39 is 10.1 Å². The summed E-state index contributed by atoms with van der Waals surface area (Å²) in [6, 6.07) is 10.6. The number of ether oxygens (including phenoxy) is 1. The third kappa shape index (κ3) is 8.33. The van der Waals surface area contributed by atoms with Crippen LogP contribution < -0.4 is 9.99 Å². The van der Waals surface area contributed by atoms with Gasteiger partial charge in [0.05, 0.1) is 16.9 Å². The molecule has 0 aromatic heterocycles. The monoisotopic (exact) mass is 440 g/mol. The number of unbranched alkanes of at least 4 members (excludes halogenated alkanes) is 5. The molecule has 0 heterocycles. The van der Waals surface area contributed by atoms with Crippen molar-refractivity contribution in [1.82, 2.24) is 0 Å². The summed E-state index contributed by atoms with van der Waals surface area (Å²) >= 11 is 0.790. The second-order valence-electron chi connectivity index (χ2n) is 6.54. The molecule has 0 bridgehead atoms. The molecule has 0 unspecified atom stereocenters. The second-order valence-corrected chi connectivity index (χ2v) is 8.66. The number of benzene rings is 2. The molecule has 0 amide bonds. The molecule has 29 heavy (non-hydrogen) atoms. The normalized spacial score (nSPS) is 11.6. The van der Waals surface area contributed by atoms with Crippen LogP contribution >= 0.6 is 12.0 Å². The topological polar surface area (TPSA) is 108 Å². The molecule has 7 nitrogen and oxygen atoms in total. The molecule has 2 aromatic carbocycles. The van der Waals surface area contributed by atoms with Crippen molar-refractivity contribution in [1.29, 1.82) is 0 Å². The van der Waals surface area contributed by atoms with Crippen LogP contribution in [0.2, 0.25) is 0 Å². The maximum atomic E-state index is 11.2. The van der Waals surface area contributed by atoms with Gasteiger partial charge >= 0.3 is 0 Å². The Morgan fingerprint density at radius 3 is 2.41 bits per heavy atom. The van der Waals surface area contributed by atoms with Crippen LogP contribution in [0.25, 0.3) is 0 Å². The molecule has 0 atom stereocenters. The first kappa shape index (κ1) is 23.7. The summed E-state index contributed by atoms with van der Waals surface area (Å²) in [6.07, 6.45) is 7.83. The fraction of sp³-hybridized carbons (Fsp3) is 0.400. The summed E-state index contributed by atoms with van der Waals surface area (Å²) in [5.41, 5.74) is 0.991. The Labute approximate surface area is 175 Å². The average molecular weight is 441 g/mol. The molecule has 0 saturated heterocycles. The van der Waals surface area contributed by atoms with Crippen molar-refractivity contribution < 1.29 is 32.3 Å². The molecular weight excluding hydrogens is 416 g/mol. The van der Waals surface area contributed by atoms with Gasteiger partial charge in [-0.1, -0.05) is 51.2 Å². The van der Waals surface area contributed by atoms with Gasteiger partial charge in [0.15, 0.2) is 0 Å². The average Bonchev–Trinajstić information content (AvgIpc) is 2.69. The van der Waals surface area contributed by atoms with Crippen molar-refractivity contribution in [3.8, 4) is 11.5 Å². The molecule has 0 aliphatic carbocycles. The number of hydrogen-bond donors (Lipinski definition) is 0. The summed E-state index contributed by atoms with van der Waals surface area (Å²) in [7, 11) is -4.57. The van der Waals surface area contributed by atoms with Crippen LogP contribution in [-0.2, 0) is 25.9 Å². The molecule has 160 valence electrons. The van der Waals surface area contributed by atoms with Crippen LogP contribution in [0.5, 0.6) is 11.5 Å².